The third-order valence-electron chi connectivity index (χ3n) is 2.61. The number of aliphatic hydroxyl groups excluding tert-OH is 1. The van der Waals surface area contributed by atoms with Gasteiger partial charge in [-0.1, -0.05) is 35.3 Å². The third kappa shape index (κ3) is 2.80. The smallest absolute Gasteiger partial charge is 0.142 e. The Morgan fingerprint density at radius 1 is 1.28 bits per heavy atom. The highest BCUT2D eigenvalue weighted by Crippen LogP contribution is 2.28. The average molecular weight is 286 g/mol. The van der Waals surface area contributed by atoms with Crippen molar-refractivity contribution >= 4 is 23.2 Å². The molecule has 0 bridgehead atoms. The second kappa shape index (κ2) is 5.65. The fraction of sp³-hybridized carbons (Fsp3) is 0.154. The lowest BCUT2D eigenvalue weighted by atomic mass is 10.0. The maximum absolute atomic E-state index is 13.3. The number of aromatic nitrogens is 1. The maximum atomic E-state index is 13.3. The Kier molecular flexibility index (Phi) is 4.17. The van der Waals surface area contributed by atoms with E-state index in [4.69, 9.17) is 23.2 Å². The minimum Gasteiger partial charge on any atom is -0.388 e. The van der Waals surface area contributed by atoms with Gasteiger partial charge in [0.15, 0.2) is 0 Å². The van der Waals surface area contributed by atoms with Crippen LogP contribution in [0.1, 0.15) is 17.2 Å². The molecule has 1 unspecified atom stereocenters. The SMILES string of the molecule is OC(Cc1cccc(F)c1Cl)c1ccncc1Cl. The Morgan fingerprint density at radius 3 is 2.78 bits per heavy atom. The zero-order valence-electron chi connectivity index (χ0n) is 9.28. The van der Waals surface area contributed by atoms with Crippen LogP contribution in [0.15, 0.2) is 36.7 Å². The third-order valence-corrected chi connectivity index (χ3v) is 3.35. The van der Waals surface area contributed by atoms with E-state index in [0.29, 0.717) is 16.1 Å². The highest BCUT2D eigenvalue weighted by molar-refractivity contribution is 6.31. The van der Waals surface area contributed by atoms with E-state index in [9.17, 15) is 9.50 Å². The number of halogens is 3. The van der Waals surface area contributed by atoms with E-state index in [1.807, 2.05) is 0 Å². The van der Waals surface area contributed by atoms with Crippen LogP contribution in [-0.4, -0.2) is 10.1 Å². The van der Waals surface area contributed by atoms with Crippen LogP contribution in [0.5, 0.6) is 0 Å². The average Bonchev–Trinajstić information content (AvgIpc) is 2.35. The lowest BCUT2D eigenvalue weighted by molar-refractivity contribution is 0.178. The van der Waals surface area contributed by atoms with E-state index in [-0.39, 0.29) is 11.4 Å². The molecular formula is C13H10Cl2FNO. The summed E-state index contributed by atoms with van der Waals surface area (Å²) in [5.74, 6) is -0.498. The molecule has 2 nitrogen and oxygen atoms in total. The molecule has 0 saturated heterocycles. The number of hydrogen-bond donors (Lipinski definition) is 1. The number of aliphatic hydroxyl groups is 1. The molecule has 0 amide bonds. The predicted octanol–water partition coefficient (Wildman–Crippen LogP) is 3.80. The summed E-state index contributed by atoms with van der Waals surface area (Å²) in [6.45, 7) is 0. The van der Waals surface area contributed by atoms with Crippen LogP contribution in [-0.2, 0) is 6.42 Å². The van der Waals surface area contributed by atoms with Crippen molar-refractivity contribution in [3.05, 3.63) is 63.6 Å². The quantitative estimate of drug-likeness (QED) is 0.930. The van der Waals surface area contributed by atoms with E-state index >= 15 is 0 Å². The molecule has 0 aliphatic rings. The van der Waals surface area contributed by atoms with Crippen molar-refractivity contribution in [3.63, 3.8) is 0 Å². The van der Waals surface area contributed by atoms with Crippen molar-refractivity contribution in [2.24, 2.45) is 0 Å². The number of rotatable bonds is 3. The molecule has 94 valence electrons. The van der Waals surface area contributed by atoms with Crippen molar-refractivity contribution in [2.75, 3.05) is 0 Å². The number of benzene rings is 1. The van der Waals surface area contributed by atoms with Gasteiger partial charge >= 0.3 is 0 Å². The molecule has 1 aromatic carbocycles. The number of nitrogens with zero attached hydrogens (tertiary/aromatic N) is 1. The van der Waals surface area contributed by atoms with Crippen LogP contribution >= 0.6 is 23.2 Å². The Bertz CT molecular complexity index is 562. The van der Waals surface area contributed by atoms with Crippen LogP contribution in [0, 0.1) is 5.82 Å². The van der Waals surface area contributed by atoms with Crippen LogP contribution in [0.4, 0.5) is 4.39 Å². The summed E-state index contributed by atoms with van der Waals surface area (Å²) in [6.07, 6.45) is 2.34. The van der Waals surface area contributed by atoms with Gasteiger partial charge in [0.1, 0.15) is 5.82 Å². The topological polar surface area (TPSA) is 33.1 Å². The molecule has 0 spiro atoms. The Balaban J connectivity index is 2.24. The highest BCUT2D eigenvalue weighted by Gasteiger charge is 2.15. The Morgan fingerprint density at radius 2 is 2.06 bits per heavy atom. The fourth-order valence-corrected chi connectivity index (χ4v) is 2.13. The first-order chi connectivity index (χ1) is 8.59. The van der Waals surface area contributed by atoms with E-state index in [1.165, 1.54) is 18.5 Å². The molecule has 0 saturated carbocycles. The molecule has 18 heavy (non-hydrogen) atoms. The van der Waals surface area contributed by atoms with Gasteiger partial charge in [0, 0.05) is 24.4 Å². The molecule has 0 aliphatic heterocycles. The summed E-state index contributed by atoms with van der Waals surface area (Å²) in [5.41, 5.74) is 1.09. The van der Waals surface area contributed by atoms with Crippen molar-refractivity contribution in [1.29, 1.82) is 0 Å². The molecule has 1 aromatic heterocycles. The highest BCUT2D eigenvalue weighted by atomic mass is 35.5. The van der Waals surface area contributed by atoms with Gasteiger partial charge in [0.2, 0.25) is 0 Å². The van der Waals surface area contributed by atoms with Crippen molar-refractivity contribution < 1.29 is 9.50 Å². The van der Waals surface area contributed by atoms with Crippen molar-refractivity contribution in [2.45, 2.75) is 12.5 Å². The predicted molar refractivity (Wildman–Crippen MR) is 69.3 cm³/mol. The molecule has 0 aliphatic carbocycles. The number of hydrogen-bond acceptors (Lipinski definition) is 2. The summed E-state index contributed by atoms with van der Waals surface area (Å²) >= 11 is 11.8. The first-order valence-electron chi connectivity index (χ1n) is 5.30. The standard InChI is InChI=1S/C13H10Cl2FNO/c14-10-7-17-5-4-9(10)12(18)6-8-2-1-3-11(16)13(8)15/h1-5,7,12,18H,6H2. The van der Waals surface area contributed by atoms with Crippen molar-refractivity contribution in [3.8, 4) is 0 Å². The van der Waals surface area contributed by atoms with Gasteiger partial charge in [0.25, 0.3) is 0 Å². The van der Waals surface area contributed by atoms with Gasteiger partial charge in [-0.15, -0.1) is 0 Å². The molecule has 1 heterocycles. The largest absolute Gasteiger partial charge is 0.388 e. The second-order valence-corrected chi connectivity index (χ2v) is 4.62. The molecule has 0 fully saturated rings. The monoisotopic (exact) mass is 285 g/mol. The van der Waals surface area contributed by atoms with E-state index in [2.05, 4.69) is 4.98 Å². The molecule has 1 N–H and O–H groups in total. The summed E-state index contributed by atoms with van der Waals surface area (Å²) in [5, 5.41) is 10.5. The molecule has 5 heteroatoms. The van der Waals surface area contributed by atoms with Crippen LogP contribution < -0.4 is 0 Å². The molecule has 2 aromatic rings. The lowest BCUT2D eigenvalue weighted by Gasteiger charge is -2.13. The normalized spacial score (nSPS) is 12.4. The van der Waals surface area contributed by atoms with Crippen LogP contribution in [0.2, 0.25) is 10.0 Å². The Labute approximate surface area is 114 Å². The second-order valence-electron chi connectivity index (χ2n) is 3.83. The number of pyridine rings is 1. The first kappa shape index (κ1) is 13.3. The Hall–Kier alpha value is -1.16. The van der Waals surface area contributed by atoms with Gasteiger partial charge < -0.3 is 5.11 Å². The van der Waals surface area contributed by atoms with Crippen LogP contribution in [0.25, 0.3) is 0 Å². The van der Waals surface area contributed by atoms with Gasteiger partial charge in [-0.05, 0) is 17.7 Å². The summed E-state index contributed by atoms with van der Waals surface area (Å²) in [6, 6.07) is 6.12. The van der Waals surface area contributed by atoms with Gasteiger partial charge in [0.05, 0.1) is 16.1 Å². The minimum absolute atomic E-state index is 0.0294. The van der Waals surface area contributed by atoms with E-state index in [1.54, 1.807) is 18.2 Å². The van der Waals surface area contributed by atoms with Gasteiger partial charge in [-0.2, -0.15) is 0 Å². The minimum atomic E-state index is -0.847. The fourth-order valence-electron chi connectivity index (χ4n) is 1.68. The lowest BCUT2D eigenvalue weighted by Crippen LogP contribution is -2.04. The summed E-state index contributed by atoms with van der Waals surface area (Å²) in [7, 11) is 0. The zero-order chi connectivity index (χ0) is 13.1. The summed E-state index contributed by atoms with van der Waals surface area (Å²) < 4.78 is 13.3. The van der Waals surface area contributed by atoms with E-state index < -0.39 is 11.9 Å². The van der Waals surface area contributed by atoms with E-state index in [0.717, 1.165) is 0 Å². The first-order valence-corrected chi connectivity index (χ1v) is 6.05. The maximum Gasteiger partial charge on any atom is 0.142 e. The summed E-state index contributed by atoms with van der Waals surface area (Å²) in [4.78, 5) is 3.84. The molecule has 0 radical (unpaired) electrons. The molecular weight excluding hydrogens is 276 g/mol. The van der Waals surface area contributed by atoms with Gasteiger partial charge in [-0.25, -0.2) is 4.39 Å². The zero-order valence-corrected chi connectivity index (χ0v) is 10.8. The molecule has 1 atom stereocenters. The van der Waals surface area contributed by atoms with Crippen molar-refractivity contribution in [1.82, 2.24) is 4.98 Å². The molecule has 2 rings (SSSR count). The van der Waals surface area contributed by atoms with Gasteiger partial charge in [-0.3, -0.25) is 4.98 Å². The van der Waals surface area contributed by atoms with Crippen LogP contribution in [0.3, 0.4) is 0 Å².